The van der Waals surface area contributed by atoms with Crippen molar-refractivity contribution in [1.29, 1.82) is 0 Å². The number of fused-ring (bicyclic) bond motifs is 1. The fourth-order valence-corrected chi connectivity index (χ4v) is 4.23. The van der Waals surface area contributed by atoms with Gasteiger partial charge in [-0.25, -0.2) is 9.78 Å². The summed E-state index contributed by atoms with van der Waals surface area (Å²) in [6.45, 7) is 12.1. The van der Waals surface area contributed by atoms with Crippen LogP contribution in [0.1, 0.15) is 35.5 Å². The standard InChI is InChI=1S/C22H25N3O3S/c1-13(2)28-22(26)18-8-17-7-16(19-11-29-12-24-19)10-25(17)21(14(18)3)15(4)20-9-23-5-6-27-20/h7-8,10-13,20,23H,4-6,9H2,1-3H3. The Kier molecular flexibility index (Phi) is 5.54. The van der Waals surface area contributed by atoms with Gasteiger partial charge in [0, 0.05) is 35.7 Å². The molecule has 1 aliphatic heterocycles. The number of rotatable bonds is 5. The number of esters is 1. The van der Waals surface area contributed by atoms with Crippen molar-refractivity contribution in [3.63, 3.8) is 0 Å². The maximum absolute atomic E-state index is 12.8. The van der Waals surface area contributed by atoms with E-state index in [0.29, 0.717) is 18.7 Å². The first kappa shape index (κ1) is 19.8. The van der Waals surface area contributed by atoms with Gasteiger partial charge in [0.25, 0.3) is 0 Å². The molecule has 0 aliphatic carbocycles. The lowest BCUT2D eigenvalue weighted by molar-refractivity contribution is 0.0376. The van der Waals surface area contributed by atoms with Crippen LogP contribution in [-0.4, -0.2) is 47.3 Å². The molecule has 0 amide bonds. The van der Waals surface area contributed by atoms with E-state index in [2.05, 4.69) is 21.3 Å². The van der Waals surface area contributed by atoms with E-state index in [1.165, 1.54) is 0 Å². The molecule has 0 radical (unpaired) electrons. The van der Waals surface area contributed by atoms with E-state index in [1.54, 1.807) is 11.3 Å². The van der Waals surface area contributed by atoms with Crippen molar-refractivity contribution < 1.29 is 14.3 Å². The summed E-state index contributed by atoms with van der Waals surface area (Å²) in [5.74, 6) is -0.326. The summed E-state index contributed by atoms with van der Waals surface area (Å²) in [6.07, 6.45) is 1.71. The number of aromatic nitrogens is 2. The van der Waals surface area contributed by atoms with Gasteiger partial charge >= 0.3 is 5.97 Å². The first-order valence-corrected chi connectivity index (χ1v) is 10.7. The molecule has 6 nitrogen and oxygen atoms in total. The quantitative estimate of drug-likeness (QED) is 0.645. The number of ether oxygens (including phenoxy) is 2. The van der Waals surface area contributed by atoms with Crippen LogP contribution in [0.5, 0.6) is 0 Å². The highest BCUT2D eigenvalue weighted by Crippen LogP contribution is 2.31. The third-order valence-electron chi connectivity index (χ3n) is 5.05. The average molecular weight is 412 g/mol. The fourth-order valence-electron chi connectivity index (χ4n) is 3.67. The highest BCUT2D eigenvalue weighted by atomic mass is 32.1. The van der Waals surface area contributed by atoms with Crippen LogP contribution >= 0.6 is 11.3 Å². The van der Waals surface area contributed by atoms with Crippen LogP contribution in [0.15, 0.2) is 35.8 Å². The highest BCUT2D eigenvalue weighted by Gasteiger charge is 2.25. The Morgan fingerprint density at radius 1 is 1.45 bits per heavy atom. The van der Waals surface area contributed by atoms with Crippen LogP contribution in [0, 0.1) is 6.92 Å². The molecule has 0 aromatic carbocycles. The Hall–Kier alpha value is -2.48. The van der Waals surface area contributed by atoms with Crippen LogP contribution in [0.2, 0.25) is 0 Å². The van der Waals surface area contributed by atoms with Crippen LogP contribution in [-0.2, 0) is 9.47 Å². The molecule has 152 valence electrons. The molecule has 1 atom stereocenters. The fraction of sp³-hybridized carbons (Fsp3) is 0.364. The normalized spacial score (nSPS) is 17.0. The van der Waals surface area contributed by atoms with E-state index < -0.39 is 0 Å². The average Bonchev–Trinajstić information content (AvgIpc) is 3.36. The van der Waals surface area contributed by atoms with Gasteiger partial charge in [-0.2, -0.15) is 0 Å². The maximum atomic E-state index is 12.8. The first-order valence-electron chi connectivity index (χ1n) is 9.72. The Morgan fingerprint density at radius 3 is 2.93 bits per heavy atom. The third-order valence-corrected chi connectivity index (χ3v) is 5.64. The lowest BCUT2D eigenvalue weighted by Gasteiger charge is -2.27. The first-order chi connectivity index (χ1) is 14.0. The largest absolute Gasteiger partial charge is 0.459 e. The van der Waals surface area contributed by atoms with Gasteiger partial charge in [-0.1, -0.05) is 6.58 Å². The topological polar surface area (TPSA) is 64.9 Å². The molecule has 7 heteroatoms. The summed E-state index contributed by atoms with van der Waals surface area (Å²) < 4.78 is 13.5. The molecule has 0 saturated carbocycles. The Morgan fingerprint density at radius 2 is 2.28 bits per heavy atom. The van der Waals surface area contributed by atoms with E-state index in [0.717, 1.165) is 40.1 Å². The number of morpholine rings is 1. The van der Waals surface area contributed by atoms with Gasteiger partial charge in [0.2, 0.25) is 0 Å². The van der Waals surface area contributed by atoms with Crippen LogP contribution < -0.4 is 5.32 Å². The van der Waals surface area contributed by atoms with Gasteiger partial charge in [0.1, 0.15) is 0 Å². The molecule has 0 spiro atoms. The molecule has 1 fully saturated rings. The summed E-state index contributed by atoms with van der Waals surface area (Å²) in [5.41, 5.74) is 7.74. The van der Waals surface area contributed by atoms with Crippen LogP contribution in [0.25, 0.3) is 22.3 Å². The number of hydrogen-bond acceptors (Lipinski definition) is 6. The zero-order valence-electron chi connectivity index (χ0n) is 16.9. The van der Waals surface area contributed by atoms with Crippen molar-refractivity contribution in [1.82, 2.24) is 14.7 Å². The van der Waals surface area contributed by atoms with E-state index in [9.17, 15) is 4.79 Å². The molecule has 3 aromatic rings. The minimum atomic E-state index is -0.326. The zero-order chi connectivity index (χ0) is 20.5. The Labute approximate surface area is 174 Å². The number of thiazole rings is 1. The lowest BCUT2D eigenvalue weighted by atomic mass is 9.98. The van der Waals surface area contributed by atoms with Crippen molar-refractivity contribution in [3.05, 3.63) is 52.6 Å². The van der Waals surface area contributed by atoms with Gasteiger partial charge in [-0.3, -0.25) is 0 Å². The minimum absolute atomic E-state index is 0.146. The molecule has 3 aromatic heterocycles. The number of carbonyl (C=O) groups is 1. The van der Waals surface area contributed by atoms with E-state index in [1.807, 2.05) is 50.0 Å². The number of carbonyl (C=O) groups excluding carboxylic acids is 1. The molecule has 4 heterocycles. The van der Waals surface area contributed by atoms with Gasteiger partial charge in [0.15, 0.2) is 0 Å². The predicted octanol–water partition coefficient (Wildman–Crippen LogP) is 3.94. The second-order valence-electron chi connectivity index (χ2n) is 7.47. The highest BCUT2D eigenvalue weighted by molar-refractivity contribution is 7.07. The molecule has 29 heavy (non-hydrogen) atoms. The van der Waals surface area contributed by atoms with Crippen LogP contribution in [0.4, 0.5) is 0 Å². The summed E-state index contributed by atoms with van der Waals surface area (Å²) in [5, 5.41) is 5.36. The van der Waals surface area contributed by atoms with Crippen LogP contribution in [0.3, 0.4) is 0 Å². The van der Waals surface area contributed by atoms with Gasteiger partial charge < -0.3 is 19.2 Å². The van der Waals surface area contributed by atoms with Gasteiger partial charge in [-0.15, -0.1) is 11.3 Å². The minimum Gasteiger partial charge on any atom is -0.459 e. The number of nitrogens with one attached hydrogen (secondary N) is 1. The van der Waals surface area contributed by atoms with Crippen molar-refractivity contribution in [3.8, 4) is 11.3 Å². The number of pyridine rings is 1. The second-order valence-corrected chi connectivity index (χ2v) is 8.19. The smallest absolute Gasteiger partial charge is 0.338 e. The number of nitrogens with zero attached hydrogens (tertiary/aromatic N) is 2. The van der Waals surface area contributed by atoms with Gasteiger partial charge in [0.05, 0.1) is 41.3 Å². The molecule has 1 aliphatic rings. The molecule has 1 N–H and O–H groups in total. The van der Waals surface area contributed by atoms with E-state index >= 15 is 0 Å². The van der Waals surface area contributed by atoms with Crippen molar-refractivity contribution in [2.75, 3.05) is 19.7 Å². The number of hydrogen-bond donors (Lipinski definition) is 1. The molecule has 0 bridgehead atoms. The SMILES string of the molecule is C=C(c1c(C)c(C(=O)OC(C)C)cc2cc(-c3cscn3)cn12)C1CNCCO1. The zero-order valence-corrected chi connectivity index (χ0v) is 17.7. The van der Waals surface area contributed by atoms with Crippen molar-refractivity contribution >= 4 is 28.4 Å². The summed E-state index contributed by atoms with van der Waals surface area (Å²) in [7, 11) is 0. The third kappa shape index (κ3) is 3.85. The summed E-state index contributed by atoms with van der Waals surface area (Å²) >= 11 is 1.56. The van der Waals surface area contributed by atoms with E-state index in [-0.39, 0.29) is 18.2 Å². The predicted molar refractivity (Wildman–Crippen MR) is 115 cm³/mol. The van der Waals surface area contributed by atoms with E-state index in [4.69, 9.17) is 9.47 Å². The summed E-state index contributed by atoms with van der Waals surface area (Å²) in [4.78, 5) is 17.2. The van der Waals surface area contributed by atoms with Gasteiger partial charge in [-0.05, 0) is 44.0 Å². The maximum Gasteiger partial charge on any atom is 0.338 e. The Bertz CT molecular complexity index is 1050. The molecular formula is C22H25N3O3S. The molecular weight excluding hydrogens is 386 g/mol. The van der Waals surface area contributed by atoms with Crippen molar-refractivity contribution in [2.24, 2.45) is 0 Å². The Balaban J connectivity index is 1.88. The van der Waals surface area contributed by atoms with Crippen molar-refractivity contribution in [2.45, 2.75) is 33.0 Å². The summed E-state index contributed by atoms with van der Waals surface area (Å²) in [6, 6.07) is 3.92. The monoisotopic (exact) mass is 411 g/mol. The molecule has 4 rings (SSSR count). The molecule has 1 saturated heterocycles. The molecule has 1 unspecified atom stereocenters. The second kappa shape index (κ2) is 8.10. The lowest BCUT2D eigenvalue weighted by Crippen LogP contribution is -2.39.